The molecule has 2 amide bonds. The molecule has 5 heteroatoms. The van der Waals surface area contributed by atoms with E-state index in [4.69, 9.17) is 0 Å². The van der Waals surface area contributed by atoms with Gasteiger partial charge in [0.05, 0.1) is 6.10 Å². The summed E-state index contributed by atoms with van der Waals surface area (Å²) >= 11 is 0. The fourth-order valence-electron chi connectivity index (χ4n) is 2.89. The molecule has 0 saturated carbocycles. The number of benzene rings is 2. The van der Waals surface area contributed by atoms with Gasteiger partial charge in [-0.2, -0.15) is 0 Å². The van der Waals surface area contributed by atoms with Gasteiger partial charge in [0, 0.05) is 32.6 Å². The second kappa shape index (κ2) is 9.88. The van der Waals surface area contributed by atoms with Crippen molar-refractivity contribution < 1.29 is 14.7 Å². The van der Waals surface area contributed by atoms with E-state index >= 15 is 0 Å². The molecule has 0 bridgehead atoms. The van der Waals surface area contributed by atoms with Gasteiger partial charge in [-0.15, -0.1) is 0 Å². The van der Waals surface area contributed by atoms with Crippen LogP contribution >= 0.6 is 0 Å². The zero-order chi connectivity index (χ0) is 19.8. The Bertz CT molecular complexity index is 771. The fourth-order valence-corrected chi connectivity index (χ4v) is 2.89. The summed E-state index contributed by atoms with van der Waals surface area (Å²) in [7, 11) is 3.28. The summed E-state index contributed by atoms with van der Waals surface area (Å²) in [5.74, 6) is -0.204. The Kier molecular flexibility index (Phi) is 7.55. The molecule has 0 unspecified atom stereocenters. The summed E-state index contributed by atoms with van der Waals surface area (Å²) in [4.78, 5) is 25.5. The van der Waals surface area contributed by atoms with Gasteiger partial charge < -0.3 is 15.3 Å². The molecule has 2 N–H and O–H groups in total. The smallest absolute Gasteiger partial charge is 0.253 e. The lowest BCUT2D eigenvalue weighted by atomic mass is 9.99. The lowest BCUT2D eigenvalue weighted by Gasteiger charge is -2.17. The van der Waals surface area contributed by atoms with Gasteiger partial charge in [0.1, 0.15) is 0 Å². The van der Waals surface area contributed by atoms with E-state index in [0.29, 0.717) is 12.1 Å². The van der Waals surface area contributed by atoms with Gasteiger partial charge in [-0.1, -0.05) is 49.7 Å². The number of carbonyl (C=O) groups excluding carboxylic acids is 2. The SMILES string of the molecule is CCC[C@@H](O)c1ccc(-c2cccc(C(=O)N(C)CCC(=O)NC)c2)cc1. The Labute approximate surface area is 161 Å². The summed E-state index contributed by atoms with van der Waals surface area (Å²) in [6.07, 6.45) is 1.51. The number of carbonyl (C=O) groups is 2. The average Bonchev–Trinajstić information content (AvgIpc) is 2.71. The van der Waals surface area contributed by atoms with Crippen LogP contribution in [0.25, 0.3) is 11.1 Å². The predicted octanol–water partition coefficient (Wildman–Crippen LogP) is 3.40. The van der Waals surface area contributed by atoms with Crippen LogP contribution in [0.5, 0.6) is 0 Å². The Hall–Kier alpha value is -2.66. The first-order chi connectivity index (χ1) is 13.0. The first kappa shape index (κ1) is 20.6. The molecule has 2 rings (SSSR count). The van der Waals surface area contributed by atoms with E-state index in [9.17, 15) is 14.7 Å². The van der Waals surface area contributed by atoms with Crippen LogP contribution in [-0.2, 0) is 4.79 Å². The van der Waals surface area contributed by atoms with Crippen LogP contribution in [-0.4, -0.2) is 42.5 Å². The number of aliphatic hydroxyl groups is 1. The maximum Gasteiger partial charge on any atom is 0.253 e. The van der Waals surface area contributed by atoms with Crippen molar-refractivity contribution in [1.82, 2.24) is 10.2 Å². The van der Waals surface area contributed by atoms with Gasteiger partial charge in [0.15, 0.2) is 0 Å². The third kappa shape index (κ3) is 5.66. The van der Waals surface area contributed by atoms with Crippen LogP contribution < -0.4 is 5.32 Å². The molecule has 0 aliphatic rings. The quantitative estimate of drug-likeness (QED) is 0.750. The Morgan fingerprint density at radius 3 is 2.44 bits per heavy atom. The second-order valence-corrected chi connectivity index (χ2v) is 6.66. The molecule has 1 atom stereocenters. The number of rotatable bonds is 8. The van der Waals surface area contributed by atoms with Gasteiger partial charge in [0.25, 0.3) is 5.91 Å². The van der Waals surface area contributed by atoms with Crippen molar-refractivity contribution in [3.8, 4) is 11.1 Å². The van der Waals surface area contributed by atoms with Crippen molar-refractivity contribution in [2.45, 2.75) is 32.3 Å². The lowest BCUT2D eigenvalue weighted by molar-refractivity contribution is -0.120. The number of aliphatic hydroxyl groups excluding tert-OH is 1. The van der Waals surface area contributed by atoms with Crippen LogP contribution in [0.3, 0.4) is 0 Å². The number of hydrogen-bond donors (Lipinski definition) is 2. The fraction of sp³-hybridized carbons (Fsp3) is 0.364. The van der Waals surface area contributed by atoms with Gasteiger partial charge in [-0.3, -0.25) is 9.59 Å². The van der Waals surface area contributed by atoms with Crippen molar-refractivity contribution in [3.63, 3.8) is 0 Å². The minimum atomic E-state index is -0.439. The Morgan fingerprint density at radius 2 is 1.81 bits per heavy atom. The predicted molar refractivity (Wildman–Crippen MR) is 107 cm³/mol. The van der Waals surface area contributed by atoms with Crippen molar-refractivity contribution >= 4 is 11.8 Å². The molecule has 5 nitrogen and oxygen atoms in total. The third-order valence-corrected chi connectivity index (χ3v) is 4.60. The summed E-state index contributed by atoms with van der Waals surface area (Å²) in [5.41, 5.74) is 3.42. The van der Waals surface area contributed by atoms with E-state index in [1.807, 2.05) is 49.4 Å². The van der Waals surface area contributed by atoms with Crippen LogP contribution in [0, 0.1) is 0 Å². The molecule has 0 fully saturated rings. The molecule has 0 aliphatic heterocycles. The summed E-state index contributed by atoms with van der Waals surface area (Å²) in [5, 5.41) is 12.6. The zero-order valence-electron chi connectivity index (χ0n) is 16.2. The van der Waals surface area contributed by atoms with Crippen LogP contribution in [0.1, 0.15) is 48.2 Å². The van der Waals surface area contributed by atoms with E-state index in [1.165, 1.54) is 0 Å². The van der Waals surface area contributed by atoms with E-state index in [2.05, 4.69) is 5.32 Å². The number of hydrogen-bond acceptors (Lipinski definition) is 3. The molecule has 0 saturated heterocycles. The lowest BCUT2D eigenvalue weighted by Crippen LogP contribution is -2.31. The molecule has 0 aromatic heterocycles. The minimum Gasteiger partial charge on any atom is -0.388 e. The monoisotopic (exact) mass is 368 g/mol. The maximum absolute atomic E-state index is 12.6. The normalized spacial score (nSPS) is 11.7. The second-order valence-electron chi connectivity index (χ2n) is 6.66. The van der Waals surface area contributed by atoms with Crippen molar-refractivity contribution in [1.29, 1.82) is 0 Å². The van der Waals surface area contributed by atoms with E-state index in [0.717, 1.165) is 29.5 Å². The van der Waals surface area contributed by atoms with Crippen LogP contribution in [0.15, 0.2) is 48.5 Å². The van der Waals surface area contributed by atoms with E-state index in [1.54, 1.807) is 25.1 Å². The summed E-state index contributed by atoms with van der Waals surface area (Å²) < 4.78 is 0. The highest BCUT2D eigenvalue weighted by Gasteiger charge is 2.14. The largest absolute Gasteiger partial charge is 0.388 e. The van der Waals surface area contributed by atoms with Crippen LogP contribution in [0.2, 0.25) is 0 Å². The molecule has 2 aromatic carbocycles. The van der Waals surface area contributed by atoms with Crippen molar-refractivity contribution in [2.24, 2.45) is 0 Å². The van der Waals surface area contributed by atoms with Crippen molar-refractivity contribution in [2.75, 3.05) is 20.6 Å². The van der Waals surface area contributed by atoms with E-state index < -0.39 is 6.10 Å². The number of amides is 2. The van der Waals surface area contributed by atoms with Gasteiger partial charge >= 0.3 is 0 Å². The number of nitrogens with zero attached hydrogens (tertiary/aromatic N) is 1. The molecule has 2 aromatic rings. The first-order valence-corrected chi connectivity index (χ1v) is 9.30. The molecule has 0 heterocycles. The molecule has 27 heavy (non-hydrogen) atoms. The highest BCUT2D eigenvalue weighted by molar-refractivity contribution is 5.95. The molecule has 0 radical (unpaired) electrons. The average molecular weight is 368 g/mol. The molecular weight excluding hydrogens is 340 g/mol. The molecule has 144 valence electrons. The first-order valence-electron chi connectivity index (χ1n) is 9.30. The highest BCUT2D eigenvalue weighted by atomic mass is 16.3. The number of nitrogens with one attached hydrogen (secondary N) is 1. The van der Waals surface area contributed by atoms with Crippen LogP contribution in [0.4, 0.5) is 0 Å². The van der Waals surface area contributed by atoms with Crippen molar-refractivity contribution in [3.05, 3.63) is 59.7 Å². The Morgan fingerprint density at radius 1 is 1.11 bits per heavy atom. The minimum absolute atomic E-state index is 0.0891. The van der Waals surface area contributed by atoms with Gasteiger partial charge in [-0.25, -0.2) is 0 Å². The molecule has 0 aliphatic carbocycles. The summed E-state index contributed by atoms with van der Waals surface area (Å²) in [6, 6.07) is 15.2. The Balaban J connectivity index is 2.12. The van der Waals surface area contributed by atoms with Gasteiger partial charge in [-0.05, 0) is 35.2 Å². The topological polar surface area (TPSA) is 69.6 Å². The maximum atomic E-state index is 12.6. The highest BCUT2D eigenvalue weighted by Crippen LogP contribution is 2.25. The van der Waals surface area contributed by atoms with E-state index in [-0.39, 0.29) is 18.2 Å². The third-order valence-electron chi connectivity index (χ3n) is 4.60. The summed E-state index contributed by atoms with van der Waals surface area (Å²) in [6.45, 7) is 2.42. The van der Waals surface area contributed by atoms with Gasteiger partial charge in [0.2, 0.25) is 5.91 Å². The molecule has 0 spiro atoms. The zero-order valence-corrected chi connectivity index (χ0v) is 16.2. The molecular formula is C22H28N2O3. The standard InChI is InChI=1S/C22H28N2O3/c1-4-6-20(25)17-11-9-16(10-12-17)18-7-5-8-19(15-18)22(27)24(3)14-13-21(26)23-2/h5,7-12,15,20,25H,4,6,13-14H2,1-3H3,(H,23,26)/t20-/m1/s1.